The van der Waals surface area contributed by atoms with Crippen LogP contribution in [0.4, 0.5) is 0 Å². The van der Waals surface area contributed by atoms with Crippen molar-refractivity contribution < 1.29 is 4.79 Å². The second-order valence-electron chi connectivity index (χ2n) is 3.77. The molecule has 2 atom stereocenters. The smallest absolute Gasteiger partial charge is 0.246 e. The zero-order chi connectivity index (χ0) is 10.6. The molecule has 0 spiro atoms. The zero-order valence-electron chi connectivity index (χ0n) is 8.81. The van der Waals surface area contributed by atoms with Crippen LogP contribution in [0.1, 0.15) is 13.8 Å². The Kier molecular flexibility index (Phi) is 3.89. The van der Waals surface area contributed by atoms with Gasteiger partial charge < -0.3 is 10.6 Å². The van der Waals surface area contributed by atoms with Crippen LogP contribution in [0.5, 0.6) is 0 Å². The van der Waals surface area contributed by atoms with E-state index < -0.39 is 0 Å². The summed E-state index contributed by atoms with van der Waals surface area (Å²) in [5, 5.41) is 0. The third-order valence-corrected chi connectivity index (χ3v) is 2.52. The molecule has 1 fully saturated rings. The van der Waals surface area contributed by atoms with Crippen molar-refractivity contribution in [2.24, 2.45) is 11.7 Å². The summed E-state index contributed by atoms with van der Waals surface area (Å²) in [6.07, 6.45) is 7.08. The van der Waals surface area contributed by atoms with E-state index in [-0.39, 0.29) is 11.9 Å². The zero-order valence-corrected chi connectivity index (χ0v) is 8.81. The standard InChI is InChI=1S/C11H18N2O/c1-3-4-5-6-11(14)13-7-9(2)10(12)8-13/h3-6,9-10H,7-8,12H2,1-2H3. The number of carbonyl (C=O) groups excluding carboxylic acids is 1. The van der Waals surface area contributed by atoms with Crippen LogP contribution in [-0.2, 0) is 4.79 Å². The Balaban J connectivity index is 2.47. The molecular formula is C11H18N2O. The molecule has 14 heavy (non-hydrogen) atoms. The third-order valence-electron chi connectivity index (χ3n) is 2.52. The summed E-state index contributed by atoms with van der Waals surface area (Å²) in [5.41, 5.74) is 5.83. The molecule has 1 rings (SSSR count). The molecule has 1 amide bonds. The Morgan fingerprint density at radius 2 is 2.14 bits per heavy atom. The molecule has 3 nitrogen and oxygen atoms in total. The van der Waals surface area contributed by atoms with Gasteiger partial charge in [-0.2, -0.15) is 0 Å². The Bertz CT molecular complexity index is 248. The summed E-state index contributed by atoms with van der Waals surface area (Å²) in [6.45, 7) is 5.45. The fourth-order valence-electron chi connectivity index (χ4n) is 1.53. The van der Waals surface area contributed by atoms with E-state index in [1.807, 2.05) is 19.1 Å². The highest BCUT2D eigenvalue weighted by atomic mass is 16.2. The molecule has 0 radical (unpaired) electrons. The molecule has 1 aliphatic rings. The molecule has 0 aromatic carbocycles. The predicted molar refractivity (Wildman–Crippen MR) is 57.7 cm³/mol. The molecule has 0 aliphatic carbocycles. The minimum atomic E-state index is 0.0582. The second kappa shape index (κ2) is 4.96. The van der Waals surface area contributed by atoms with Crippen molar-refractivity contribution in [3.63, 3.8) is 0 Å². The van der Waals surface area contributed by atoms with Crippen molar-refractivity contribution in [1.82, 2.24) is 4.90 Å². The molecule has 3 heteroatoms. The van der Waals surface area contributed by atoms with Gasteiger partial charge in [0.05, 0.1) is 0 Å². The lowest BCUT2D eigenvalue weighted by Gasteiger charge is -2.12. The van der Waals surface area contributed by atoms with Gasteiger partial charge in [0.25, 0.3) is 0 Å². The third kappa shape index (κ3) is 2.70. The number of hydrogen-bond acceptors (Lipinski definition) is 2. The van der Waals surface area contributed by atoms with Crippen LogP contribution >= 0.6 is 0 Å². The van der Waals surface area contributed by atoms with Gasteiger partial charge in [0, 0.05) is 25.2 Å². The molecule has 0 aromatic heterocycles. The van der Waals surface area contributed by atoms with Gasteiger partial charge in [-0.15, -0.1) is 0 Å². The van der Waals surface area contributed by atoms with Gasteiger partial charge in [0.15, 0.2) is 0 Å². The SMILES string of the molecule is CC=CC=CC(=O)N1CC(C)C(N)C1. The molecule has 1 aliphatic heterocycles. The van der Waals surface area contributed by atoms with Crippen LogP contribution in [0, 0.1) is 5.92 Å². The number of nitrogens with two attached hydrogens (primary N) is 1. The van der Waals surface area contributed by atoms with E-state index in [1.165, 1.54) is 0 Å². The van der Waals surface area contributed by atoms with E-state index >= 15 is 0 Å². The first kappa shape index (κ1) is 11.0. The first-order valence-electron chi connectivity index (χ1n) is 4.99. The van der Waals surface area contributed by atoms with Crippen molar-refractivity contribution in [2.45, 2.75) is 19.9 Å². The Morgan fingerprint density at radius 3 is 2.64 bits per heavy atom. The lowest BCUT2D eigenvalue weighted by atomic mass is 10.1. The first-order chi connectivity index (χ1) is 6.65. The predicted octanol–water partition coefficient (Wildman–Crippen LogP) is 0.924. The lowest BCUT2D eigenvalue weighted by molar-refractivity contribution is -0.125. The number of hydrogen-bond donors (Lipinski definition) is 1. The summed E-state index contributed by atoms with van der Waals surface area (Å²) < 4.78 is 0. The summed E-state index contributed by atoms with van der Waals surface area (Å²) in [6, 6.07) is 0.133. The highest BCUT2D eigenvalue weighted by Crippen LogP contribution is 2.14. The van der Waals surface area contributed by atoms with Crippen LogP contribution in [0.15, 0.2) is 24.3 Å². The molecular weight excluding hydrogens is 176 g/mol. The van der Waals surface area contributed by atoms with Crippen molar-refractivity contribution in [3.8, 4) is 0 Å². The molecule has 1 heterocycles. The fourth-order valence-corrected chi connectivity index (χ4v) is 1.53. The van der Waals surface area contributed by atoms with Gasteiger partial charge >= 0.3 is 0 Å². The van der Waals surface area contributed by atoms with Crippen LogP contribution < -0.4 is 5.73 Å². The Morgan fingerprint density at radius 1 is 1.43 bits per heavy atom. The van der Waals surface area contributed by atoms with E-state index in [0.717, 1.165) is 6.54 Å². The number of allylic oxidation sites excluding steroid dienone is 3. The van der Waals surface area contributed by atoms with Gasteiger partial charge in [-0.25, -0.2) is 0 Å². The number of nitrogens with zero attached hydrogens (tertiary/aromatic N) is 1. The lowest BCUT2D eigenvalue weighted by Crippen LogP contribution is -2.31. The highest BCUT2D eigenvalue weighted by Gasteiger charge is 2.28. The number of carbonyl (C=O) groups is 1. The first-order valence-corrected chi connectivity index (χ1v) is 4.99. The number of rotatable bonds is 2. The average molecular weight is 194 g/mol. The van der Waals surface area contributed by atoms with Crippen molar-refractivity contribution in [2.75, 3.05) is 13.1 Å². The second-order valence-corrected chi connectivity index (χ2v) is 3.77. The molecule has 1 saturated heterocycles. The fraction of sp³-hybridized carbons (Fsp3) is 0.545. The van der Waals surface area contributed by atoms with Gasteiger partial charge in [-0.1, -0.05) is 25.2 Å². The Labute approximate surface area is 85.3 Å². The summed E-state index contributed by atoms with van der Waals surface area (Å²) >= 11 is 0. The van der Waals surface area contributed by atoms with Crippen molar-refractivity contribution in [1.29, 1.82) is 0 Å². The van der Waals surface area contributed by atoms with Crippen molar-refractivity contribution >= 4 is 5.91 Å². The Hall–Kier alpha value is -1.09. The van der Waals surface area contributed by atoms with E-state index in [0.29, 0.717) is 12.5 Å². The van der Waals surface area contributed by atoms with Gasteiger partial charge in [-0.05, 0) is 12.8 Å². The largest absolute Gasteiger partial charge is 0.337 e. The maximum atomic E-state index is 11.6. The summed E-state index contributed by atoms with van der Waals surface area (Å²) in [5.74, 6) is 0.469. The minimum absolute atomic E-state index is 0.0582. The van der Waals surface area contributed by atoms with Gasteiger partial charge in [0.1, 0.15) is 0 Å². The van der Waals surface area contributed by atoms with Gasteiger partial charge in [-0.3, -0.25) is 4.79 Å². The quantitative estimate of drug-likeness (QED) is 0.525. The number of amides is 1. The normalized spacial score (nSPS) is 28.1. The maximum Gasteiger partial charge on any atom is 0.246 e. The minimum Gasteiger partial charge on any atom is -0.337 e. The summed E-state index contributed by atoms with van der Waals surface area (Å²) in [7, 11) is 0. The van der Waals surface area contributed by atoms with Crippen molar-refractivity contribution in [3.05, 3.63) is 24.3 Å². The summed E-state index contributed by atoms with van der Waals surface area (Å²) in [4.78, 5) is 13.4. The molecule has 0 aromatic rings. The van der Waals surface area contributed by atoms with Crippen LogP contribution in [0.3, 0.4) is 0 Å². The van der Waals surface area contributed by atoms with Crippen LogP contribution in [0.25, 0.3) is 0 Å². The maximum absolute atomic E-state index is 11.6. The van der Waals surface area contributed by atoms with E-state index in [2.05, 4.69) is 6.92 Å². The van der Waals surface area contributed by atoms with E-state index in [9.17, 15) is 4.79 Å². The van der Waals surface area contributed by atoms with Crippen LogP contribution in [0.2, 0.25) is 0 Å². The number of likely N-dealkylation sites (tertiary alicyclic amines) is 1. The highest BCUT2D eigenvalue weighted by molar-refractivity contribution is 5.88. The molecule has 2 unspecified atom stereocenters. The van der Waals surface area contributed by atoms with Crippen LogP contribution in [-0.4, -0.2) is 29.9 Å². The molecule has 0 saturated carbocycles. The topological polar surface area (TPSA) is 46.3 Å². The van der Waals surface area contributed by atoms with E-state index in [1.54, 1.807) is 17.1 Å². The molecule has 78 valence electrons. The molecule has 2 N–H and O–H groups in total. The monoisotopic (exact) mass is 194 g/mol. The van der Waals surface area contributed by atoms with Gasteiger partial charge in [0.2, 0.25) is 5.91 Å². The average Bonchev–Trinajstić information content (AvgIpc) is 2.47. The van der Waals surface area contributed by atoms with E-state index in [4.69, 9.17) is 5.73 Å². The molecule has 0 bridgehead atoms.